The van der Waals surface area contributed by atoms with Crippen molar-refractivity contribution in [2.75, 3.05) is 92.6 Å². The van der Waals surface area contributed by atoms with Gasteiger partial charge in [-0.3, -0.25) is 33.9 Å². The minimum atomic E-state index is -1.07. The summed E-state index contributed by atoms with van der Waals surface area (Å²) in [6, 6.07) is 34.8. The summed E-state index contributed by atoms with van der Waals surface area (Å²) in [4.78, 5) is 115. The molecule has 3 amide bonds. The Labute approximate surface area is 715 Å². The van der Waals surface area contributed by atoms with Crippen LogP contribution in [0.25, 0.3) is 0 Å². The number of Topliss-reactive ketones (excluding diaryl/α,β-unsaturated/α-hetero) is 1. The number of aromatic carboxylic acids is 2. The molecule has 120 heavy (non-hydrogen) atoms. The van der Waals surface area contributed by atoms with Crippen LogP contribution in [0.4, 0.5) is 0 Å². The molecule has 3 aromatic carbocycles. The molecule has 4 atom stereocenters. The molecular weight excluding hydrogens is 1760 g/mol. The van der Waals surface area contributed by atoms with E-state index in [2.05, 4.69) is 119 Å². The molecule has 0 bridgehead atoms. The fourth-order valence-corrected chi connectivity index (χ4v) is 12.2. The Hall–Kier alpha value is -10.5. The van der Waals surface area contributed by atoms with Gasteiger partial charge in [0.25, 0.3) is 5.91 Å². The van der Waals surface area contributed by atoms with E-state index in [4.69, 9.17) is 61.2 Å². The Kier molecular flexibility index (Phi) is 39.5. The Bertz CT molecular complexity index is 4650. The zero-order valence-electron chi connectivity index (χ0n) is 67.0. The van der Waals surface area contributed by atoms with E-state index >= 15 is 0 Å². The number of amides is 3. The first-order valence-electron chi connectivity index (χ1n) is 38.2. The van der Waals surface area contributed by atoms with Crippen LogP contribution in [-0.2, 0) is 103 Å². The van der Waals surface area contributed by atoms with Crippen LogP contribution in [0.1, 0.15) is 162 Å². The lowest BCUT2D eigenvalue weighted by atomic mass is 9.93. The number of carbonyl (C=O) groups excluding carboxylic acids is 7. The zero-order valence-corrected chi connectivity index (χ0v) is 71.8. The molecule has 4 aliphatic rings. The second-order valence-electron chi connectivity index (χ2n) is 28.3. The molecule has 10 heterocycles. The molecule has 0 saturated carbocycles. The van der Waals surface area contributed by atoms with E-state index < -0.39 is 71.3 Å². The molecule has 0 unspecified atom stereocenters. The number of halogens is 3. The quantitative estimate of drug-likeness (QED) is 0.0113. The van der Waals surface area contributed by atoms with Crippen LogP contribution in [0, 0.1) is 11.8 Å². The van der Waals surface area contributed by atoms with E-state index in [0.29, 0.717) is 116 Å². The minimum Gasteiger partial charge on any atom is -0.476 e. The summed E-state index contributed by atoms with van der Waals surface area (Å²) in [5, 5.41) is 48.6. The standard InChI is InChI=1S/C33H47N5O7.C16H18N2O4.C12H10BrNO3.C9H12N2O4.C6H6BrNO3.C5H4BrNO3/c1-21(2)15-25(29(39)33(5)20-44-33)34-31(41)27(17-23-9-7-6-8-10-23)36-30(40)26(16-22(3)4)35-32(42)28-18-24(45-37-28)19-38-11-13-43-14-12-38;19-16(21-12-13-4-2-1-3-5-13)15-10-14(22-17-15)11-18-6-8-20-9-7-18;13-7-10-6-11(14-17-10)12(15)16-8-9-4-2-1-3-5-9;12-9(13)8-5-7(15-10-8)6-11-1-3-14-4-2-11;1-10-6(9)5-2-4(3-7)11-8-5;6-2-3-1-4(5(8)9)7-10-3/h6-10,18,21-22,25-27H,11-17,19-20H2,1-5H3,(H,34,41)(H,35,42)(H,36,40);1-5,10H,6-9,11-12H2;1-6H,7-8H2;5H,1-4,6H2,(H,12,13);2H,3H2,1H3;1H,2H2,(H,8,9)/t25-,26-,27-,33+;;;;;/m0...../s1. The average molecular weight is 1860 g/mol. The van der Waals surface area contributed by atoms with Gasteiger partial charge in [0.1, 0.15) is 48.2 Å². The van der Waals surface area contributed by atoms with Gasteiger partial charge in [-0.25, -0.2) is 24.0 Å². The Morgan fingerprint density at radius 1 is 0.433 bits per heavy atom. The molecule has 4 saturated heterocycles. The van der Waals surface area contributed by atoms with Crippen LogP contribution >= 0.6 is 47.8 Å². The van der Waals surface area contributed by atoms with Crippen molar-refractivity contribution in [1.82, 2.24) is 61.6 Å². The number of carboxylic acids is 2. The van der Waals surface area contributed by atoms with Gasteiger partial charge in [0.2, 0.25) is 11.8 Å². The number of alkyl halides is 3. The normalized spacial score (nSPS) is 15.9. The number of hydrogen-bond acceptors (Lipinski definition) is 31. The third-order valence-corrected chi connectivity index (χ3v) is 19.4. The summed E-state index contributed by atoms with van der Waals surface area (Å²) < 4.78 is 65.7. The maximum atomic E-state index is 13.7. The molecule has 6 aromatic heterocycles. The van der Waals surface area contributed by atoms with Crippen molar-refractivity contribution >= 4 is 101 Å². The summed E-state index contributed by atoms with van der Waals surface area (Å²) >= 11 is 9.46. The van der Waals surface area contributed by atoms with Gasteiger partial charge >= 0.3 is 29.8 Å². The summed E-state index contributed by atoms with van der Waals surface area (Å²) in [6.07, 6.45) is 0.970. The molecule has 13 rings (SSSR count). The van der Waals surface area contributed by atoms with Crippen LogP contribution in [-0.4, -0.2) is 226 Å². The number of nitrogens with zero attached hydrogens (tertiary/aromatic N) is 9. The topological polar surface area (TPSA) is 464 Å². The largest absolute Gasteiger partial charge is 0.476 e. The highest BCUT2D eigenvalue weighted by atomic mass is 79.9. The van der Waals surface area contributed by atoms with Gasteiger partial charge in [0, 0.05) is 82.1 Å². The number of nitrogens with one attached hydrogen (secondary N) is 3. The number of ketones is 1. The Balaban J connectivity index is 0.000000198. The summed E-state index contributed by atoms with van der Waals surface area (Å²) in [5.74, 6) is -1.59. The van der Waals surface area contributed by atoms with Crippen molar-refractivity contribution in [3.63, 3.8) is 0 Å². The van der Waals surface area contributed by atoms with Gasteiger partial charge in [-0.05, 0) is 48.3 Å². The average Bonchev–Trinajstić information content (AvgIpc) is 1.64. The van der Waals surface area contributed by atoms with Crippen LogP contribution in [0.15, 0.2) is 155 Å². The predicted molar refractivity (Wildman–Crippen MR) is 435 cm³/mol. The SMILES string of the molecule is CC(C)C[C@H](NC(=O)c1cc(CN2CCOCC2)on1)C(=O)N[C@@H](Cc1ccccc1)C(=O)N[C@@H](CC(C)C)C(=O)[C@@]1(C)CO1.COC(=O)c1cc(CBr)on1.O=C(O)c1cc(CBr)on1.O=C(O)c1cc(CN2CCOCC2)on1.O=C(OCc1ccccc1)c1cc(CBr)on1.O=C(OCc1ccccc1)c1cc(CN2CCOCC2)on1. The van der Waals surface area contributed by atoms with Crippen LogP contribution in [0.2, 0.25) is 0 Å². The van der Waals surface area contributed by atoms with Crippen LogP contribution < -0.4 is 16.0 Å². The van der Waals surface area contributed by atoms with Crippen LogP contribution in [0.5, 0.6) is 0 Å². The van der Waals surface area contributed by atoms with Gasteiger partial charge in [-0.15, -0.1) is 0 Å². The van der Waals surface area contributed by atoms with Crippen molar-refractivity contribution in [2.45, 2.75) is 126 Å². The molecule has 4 aliphatic heterocycles. The highest BCUT2D eigenvalue weighted by molar-refractivity contribution is 9.09. The summed E-state index contributed by atoms with van der Waals surface area (Å²) in [6.45, 7) is 21.1. The van der Waals surface area contributed by atoms with Crippen LogP contribution in [0.3, 0.4) is 0 Å². The van der Waals surface area contributed by atoms with E-state index in [-0.39, 0.29) is 71.4 Å². The maximum Gasteiger partial charge on any atom is 0.360 e. The lowest BCUT2D eigenvalue weighted by molar-refractivity contribution is -0.133. The number of esters is 3. The zero-order chi connectivity index (χ0) is 86.4. The van der Waals surface area contributed by atoms with E-state index in [9.17, 15) is 43.2 Å². The second kappa shape index (κ2) is 49.9. The van der Waals surface area contributed by atoms with Gasteiger partial charge in [0.15, 0.2) is 57.2 Å². The fraction of sp³-hybridized carbons (Fsp3) is 0.444. The molecule has 39 heteroatoms. The number of ether oxygens (including phenoxy) is 7. The number of hydrogen-bond donors (Lipinski definition) is 5. The van der Waals surface area contributed by atoms with Gasteiger partial charge in [-0.1, -0.05) is 197 Å². The number of rotatable bonds is 32. The number of morpholine rings is 3. The number of epoxide rings is 1. The monoisotopic (exact) mass is 1860 g/mol. The van der Waals surface area contributed by atoms with Gasteiger partial charge in [0.05, 0.1) is 95.0 Å². The molecule has 9 aromatic rings. The molecule has 0 aliphatic carbocycles. The lowest BCUT2D eigenvalue weighted by Gasteiger charge is -2.27. The molecule has 0 spiro atoms. The number of carbonyl (C=O) groups is 9. The number of aromatic nitrogens is 6. The number of carboxylic acid groups (broad SMARTS) is 2. The molecule has 36 nitrogen and oxygen atoms in total. The molecule has 646 valence electrons. The van der Waals surface area contributed by atoms with Crippen molar-refractivity contribution < 1.29 is 114 Å². The highest BCUT2D eigenvalue weighted by Crippen LogP contribution is 2.30. The second-order valence-corrected chi connectivity index (χ2v) is 30.0. The summed E-state index contributed by atoms with van der Waals surface area (Å²) in [5.41, 5.74) is 2.37. The lowest BCUT2D eigenvalue weighted by Crippen LogP contribution is -2.57. The first-order chi connectivity index (χ1) is 57.8. The predicted octanol–water partition coefficient (Wildman–Crippen LogP) is 9.89. The number of benzene rings is 3. The maximum absolute atomic E-state index is 13.7. The molecule has 0 radical (unpaired) electrons. The van der Waals surface area contributed by atoms with E-state index in [1.165, 1.54) is 25.3 Å². The van der Waals surface area contributed by atoms with Gasteiger partial charge in [-0.2, -0.15) is 0 Å². The fourth-order valence-electron chi connectivity index (χ4n) is 11.4. The smallest absolute Gasteiger partial charge is 0.360 e. The molecular formula is C81H97Br3N12O24. The third-order valence-electron chi connectivity index (χ3n) is 17.8. The molecule has 5 N–H and O–H groups in total. The first kappa shape index (κ1) is 95.0. The number of methoxy groups -OCH3 is 1. The summed E-state index contributed by atoms with van der Waals surface area (Å²) in [7, 11) is 1.30. The van der Waals surface area contributed by atoms with E-state index in [0.717, 1.165) is 69.2 Å². The van der Waals surface area contributed by atoms with E-state index in [1.807, 2.05) is 119 Å². The van der Waals surface area contributed by atoms with Crippen molar-refractivity contribution in [2.24, 2.45) is 11.8 Å². The Morgan fingerprint density at radius 3 is 1.11 bits per heavy atom. The van der Waals surface area contributed by atoms with E-state index in [1.54, 1.807) is 25.1 Å². The van der Waals surface area contributed by atoms with Gasteiger partial charge < -0.3 is 86.5 Å². The van der Waals surface area contributed by atoms with Crippen molar-refractivity contribution in [3.8, 4) is 0 Å². The van der Waals surface area contributed by atoms with Crippen molar-refractivity contribution in [3.05, 3.63) is 213 Å². The first-order valence-corrected chi connectivity index (χ1v) is 41.6. The Morgan fingerprint density at radius 2 is 0.750 bits per heavy atom. The third kappa shape index (κ3) is 32.9. The van der Waals surface area contributed by atoms with Crippen molar-refractivity contribution in [1.29, 1.82) is 0 Å². The molecule has 4 fully saturated rings. The minimum absolute atomic E-state index is 0.0433. The highest BCUT2D eigenvalue weighted by Gasteiger charge is 2.50.